The Kier molecular flexibility index (Phi) is 2.70. The van der Waals surface area contributed by atoms with Gasteiger partial charge in [0.1, 0.15) is 0 Å². The highest BCUT2D eigenvalue weighted by atomic mass is 14.7. The van der Waals surface area contributed by atoms with Crippen LogP contribution in [-0.4, -0.2) is 4.98 Å². The average molecular weight is 212 g/mol. The summed E-state index contributed by atoms with van der Waals surface area (Å²) >= 11 is 0. The second-order valence-corrected chi connectivity index (χ2v) is 4.27. The molecule has 2 nitrogen and oxygen atoms in total. The first-order valence-electron chi connectivity index (χ1n) is 5.65. The van der Waals surface area contributed by atoms with E-state index in [-0.39, 0.29) is 5.92 Å². The van der Waals surface area contributed by atoms with Gasteiger partial charge in [0.05, 0.1) is 12.0 Å². The Labute approximate surface area is 95.9 Å². The number of aromatic amines is 1. The van der Waals surface area contributed by atoms with Gasteiger partial charge in [0, 0.05) is 16.6 Å². The standard InChI is InChI=1S/C14H16N2/c1-4-11(8-15)12-5-6-14-13(7-12)9(2)10(3)16-14/h5-7,11,16H,4H2,1-3H3. The van der Waals surface area contributed by atoms with Gasteiger partial charge in [-0.3, -0.25) is 0 Å². The van der Waals surface area contributed by atoms with Crippen LogP contribution in [0.15, 0.2) is 18.2 Å². The molecule has 2 rings (SSSR count). The summed E-state index contributed by atoms with van der Waals surface area (Å²) in [5.74, 6) is 0.0130. The molecular formula is C14H16N2. The van der Waals surface area contributed by atoms with Gasteiger partial charge in [-0.05, 0) is 43.5 Å². The fourth-order valence-corrected chi connectivity index (χ4v) is 2.10. The maximum Gasteiger partial charge on any atom is 0.0710 e. The van der Waals surface area contributed by atoms with E-state index < -0.39 is 0 Å². The predicted octanol–water partition coefficient (Wildman–Crippen LogP) is 3.80. The van der Waals surface area contributed by atoms with Gasteiger partial charge in [0.25, 0.3) is 0 Å². The predicted molar refractivity (Wildman–Crippen MR) is 66.4 cm³/mol. The van der Waals surface area contributed by atoms with Crippen LogP contribution in [0.3, 0.4) is 0 Å². The number of rotatable bonds is 2. The zero-order chi connectivity index (χ0) is 11.7. The molecular weight excluding hydrogens is 196 g/mol. The highest BCUT2D eigenvalue weighted by Crippen LogP contribution is 2.26. The lowest BCUT2D eigenvalue weighted by Gasteiger charge is -2.06. The van der Waals surface area contributed by atoms with E-state index in [4.69, 9.17) is 5.26 Å². The molecule has 0 saturated carbocycles. The Morgan fingerprint density at radius 1 is 1.38 bits per heavy atom. The second kappa shape index (κ2) is 4.02. The summed E-state index contributed by atoms with van der Waals surface area (Å²) in [7, 11) is 0. The lowest BCUT2D eigenvalue weighted by Crippen LogP contribution is -1.92. The molecule has 0 aliphatic rings. The van der Waals surface area contributed by atoms with Gasteiger partial charge in [0.2, 0.25) is 0 Å². The summed E-state index contributed by atoms with van der Waals surface area (Å²) in [6, 6.07) is 8.62. The molecule has 0 aliphatic carbocycles. The molecule has 0 saturated heterocycles. The number of benzene rings is 1. The summed E-state index contributed by atoms with van der Waals surface area (Å²) in [5.41, 5.74) is 4.77. The van der Waals surface area contributed by atoms with E-state index in [2.05, 4.69) is 43.1 Å². The fourth-order valence-electron chi connectivity index (χ4n) is 2.10. The van der Waals surface area contributed by atoms with Crippen molar-refractivity contribution in [3.63, 3.8) is 0 Å². The van der Waals surface area contributed by atoms with Crippen LogP contribution in [0.2, 0.25) is 0 Å². The van der Waals surface area contributed by atoms with Crippen LogP contribution in [0, 0.1) is 25.2 Å². The zero-order valence-electron chi connectivity index (χ0n) is 9.96. The maximum absolute atomic E-state index is 9.07. The molecule has 1 aromatic heterocycles. The number of fused-ring (bicyclic) bond motifs is 1. The molecule has 1 heterocycles. The van der Waals surface area contributed by atoms with Gasteiger partial charge in [-0.25, -0.2) is 0 Å². The molecule has 1 aromatic carbocycles. The largest absolute Gasteiger partial charge is 0.358 e. The Hall–Kier alpha value is -1.75. The normalized spacial score (nSPS) is 12.6. The molecule has 2 aromatic rings. The summed E-state index contributed by atoms with van der Waals surface area (Å²) in [6.45, 7) is 6.25. The summed E-state index contributed by atoms with van der Waals surface area (Å²) < 4.78 is 0. The van der Waals surface area contributed by atoms with E-state index in [0.29, 0.717) is 0 Å². The molecule has 0 fully saturated rings. The number of aromatic nitrogens is 1. The zero-order valence-corrected chi connectivity index (χ0v) is 9.96. The van der Waals surface area contributed by atoms with E-state index in [1.54, 1.807) is 0 Å². The number of aryl methyl sites for hydroxylation is 2. The minimum atomic E-state index is 0.0130. The molecule has 1 N–H and O–H groups in total. The fraction of sp³-hybridized carbons (Fsp3) is 0.357. The van der Waals surface area contributed by atoms with E-state index in [0.717, 1.165) is 17.5 Å². The van der Waals surface area contributed by atoms with Crippen molar-refractivity contribution in [3.8, 4) is 6.07 Å². The molecule has 1 atom stereocenters. The van der Waals surface area contributed by atoms with E-state index in [1.807, 2.05) is 6.92 Å². The van der Waals surface area contributed by atoms with Gasteiger partial charge < -0.3 is 4.98 Å². The molecule has 82 valence electrons. The first-order chi connectivity index (χ1) is 7.67. The second-order valence-electron chi connectivity index (χ2n) is 4.27. The van der Waals surface area contributed by atoms with Crippen molar-refractivity contribution in [3.05, 3.63) is 35.0 Å². The molecule has 2 heteroatoms. The van der Waals surface area contributed by atoms with Crippen molar-refractivity contribution in [2.75, 3.05) is 0 Å². The first-order valence-corrected chi connectivity index (χ1v) is 5.65. The average Bonchev–Trinajstić information content (AvgIpc) is 2.57. The van der Waals surface area contributed by atoms with Crippen LogP contribution in [-0.2, 0) is 0 Å². The quantitative estimate of drug-likeness (QED) is 0.808. The third-order valence-corrected chi connectivity index (χ3v) is 3.30. The molecule has 1 unspecified atom stereocenters. The van der Waals surface area contributed by atoms with Gasteiger partial charge in [-0.2, -0.15) is 5.26 Å². The lowest BCUT2D eigenvalue weighted by atomic mass is 9.96. The number of hydrogen-bond acceptors (Lipinski definition) is 1. The van der Waals surface area contributed by atoms with Crippen molar-refractivity contribution in [2.45, 2.75) is 33.1 Å². The summed E-state index contributed by atoms with van der Waals surface area (Å²) in [5, 5.41) is 10.3. The van der Waals surface area contributed by atoms with Crippen LogP contribution in [0.1, 0.15) is 36.1 Å². The van der Waals surface area contributed by atoms with Crippen LogP contribution < -0.4 is 0 Å². The number of nitrogens with one attached hydrogen (secondary N) is 1. The molecule has 0 spiro atoms. The van der Waals surface area contributed by atoms with Gasteiger partial charge in [-0.15, -0.1) is 0 Å². The van der Waals surface area contributed by atoms with Crippen molar-refractivity contribution >= 4 is 10.9 Å². The number of nitrogens with zero attached hydrogens (tertiary/aromatic N) is 1. The SMILES string of the molecule is CCC(C#N)c1ccc2[nH]c(C)c(C)c2c1. The van der Waals surface area contributed by atoms with Crippen LogP contribution in [0.25, 0.3) is 10.9 Å². The third kappa shape index (κ3) is 1.59. The minimum Gasteiger partial charge on any atom is -0.358 e. The Morgan fingerprint density at radius 3 is 2.75 bits per heavy atom. The van der Waals surface area contributed by atoms with Crippen molar-refractivity contribution in [2.24, 2.45) is 0 Å². The first kappa shape index (κ1) is 10.8. The van der Waals surface area contributed by atoms with E-state index >= 15 is 0 Å². The summed E-state index contributed by atoms with van der Waals surface area (Å²) in [4.78, 5) is 3.35. The molecule has 16 heavy (non-hydrogen) atoms. The molecule has 0 radical (unpaired) electrons. The Bertz CT molecular complexity index is 558. The highest BCUT2D eigenvalue weighted by molar-refractivity contribution is 5.85. The van der Waals surface area contributed by atoms with Gasteiger partial charge in [-0.1, -0.05) is 13.0 Å². The van der Waals surface area contributed by atoms with E-state index in [9.17, 15) is 0 Å². The monoisotopic (exact) mass is 212 g/mol. The molecule has 0 bridgehead atoms. The smallest absolute Gasteiger partial charge is 0.0710 e. The molecule has 0 aliphatic heterocycles. The third-order valence-electron chi connectivity index (χ3n) is 3.30. The number of hydrogen-bond donors (Lipinski definition) is 1. The van der Waals surface area contributed by atoms with Gasteiger partial charge >= 0.3 is 0 Å². The van der Waals surface area contributed by atoms with Crippen molar-refractivity contribution < 1.29 is 0 Å². The van der Waals surface area contributed by atoms with Gasteiger partial charge in [0.15, 0.2) is 0 Å². The minimum absolute atomic E-state index is 0.0130. The van der Waals surface area contributed by atoms with Crippen LogP contribution in [0.4, 0.5) is 0 Å². The lowest BCUT2D eigenvalue weighted by molar-refractivity contribution is 0.820. The maximum atomic E-state index is 9.07. The van der Waals surface area contributed by atoms with E-state index in [1.165, 1.54) is 16.6 Å². The molecule has 0 amide bonds. The summed E-state index contributed by atoms with van der Waals surface area (Å²) in [6.07, 6.45) is 0.866. The van der Waals surface area contributed by atoms with Crippen LogP contribution >= 0.6 is 0 Å². The number of nitriles is 1. The highest BCUT2D eigenvalue weighted by Gasteiger charge is 2.10. The number of H-pyrrole nitrogens is 1. The topological polar surface area (TPSA) is 39.6 Å². The van der Waals surface area contributed by atoms with Crippen molar-refractivity contribution in [1.82, 2.24) is 4.98 Å². The Morgan fingerprint density at radius 2 is 2.12 bits per heavy atom. The Balaban J connectivity index is 2.59. The van der Waals surface area contributed by atoms with Crippen LogP contribution in [0.5, 0.6) is 0 Å². The van der Waals surface area contributed by atoms with Crippen molar-refractivity contribution in [1.29, 1.82) is 5.26 Å².